The van der Waals surface area contributed by atoms with Gasteiger partial charge in [-0.3, -0.25) is 5.84 Å². The Balaban J connectivity index is 1.94. The predicted molar refractivity (Wildman–Crippen MR) is 76.4 cm³/mol. The number of anilines is 1. The predicted octanol–water partition coefficient (Wildman–Crippen LogP) is 0.118. The zero-order chi connectivity index (χ0) is 13.2. The molecule has 0 aliphatic carbocycles. The van der Waals surface area contributed by atoms with Gasteiger partial charge < -0.3 is 15.4 Å². The molecular weight excluding hydrogens is 240 g/mol. The third-order valence-corrected chi connectivity index (χ3v) is 3.98. The lowest BCUT2D eigenvalue weighted by Crippen LogP contribution is -2.36. The van der Waals surface area contributed by atoms with Gasteiger partial charge in [0.25, 0.3) is 0 Å². The van der Waals surface area contributed by atoms with E-state index in [9.17, 15) is 0 Å². The van der Waals surface area contributed by atoms with Crippen molar-refractivity contribution in [2.45, 2.75) is 12.8 Å². The van der Waals surface area contributed by atoms with Gasteiger partial charge in [-0.15, -0.1) is 0 Å². The molecular formula is C14H22N4O. The summed E-state index contributed by atoms with van der Waals surface area (Å²) in [5.41, 5.74) is 9.67. The summed E-state index contributed by atoms with van der Waals surface area (Å²) in [7, 11) is 0. The molecule has 1 aromatic carbocycles. The number of nitrogens with two attached hydrogens (primary N) is 2. The van der Waals surface area contributed by atoms with Crippen molar-refractivity contribution in [3.8, 4) is 5.75 Å². The highest BCUT2D eigenvalue weighted by Gasteiger charge is 2.21. The van der Waals surface area contributed by atoms with Gasteiger partial charge in [-0.1, -0.05) is 0 Å². The average molecular weight is 262 g/mol. The lowest BCUT2D eigenvalue weighted by Gasteiger charge is -2.32. The van der Waals surface area contributed by atoms with Crippen LogP contribution in [0.15, 0.2) is 12.1 Å². The Morgan fingerprint density at radius 2 is 1.84 bits per heavy atom. The monoisotopic (exact) mass is 262 g/mol. The van der Waals surface area contributed by atoms with E-state index in [-0.39, 0.29) is 0 Å². The van der Waals surface area contributed by atoms with Gasteiger partial charge >= 0.3 is 0 Å². The molecule has 2 heterocycles. The van der Waals surface area contributed by atoms with E-state index >= 15 is 0 Å². The van der Waals surface area contributed by atoms with Gasteiger partial charge in [0.1, 0.15) is 12.4 Å². The molecule has 2 aliphatic rings. The van der Waals surface area contributed by atoms with Crippen molar-refractivity contribution in [2.24, 2.45) is 11.6 Å². The summed E-state index contributed by atoms with van der Waals surface area (Å²) >= 11 is 0. The molecule has 0 saturated heterocycles. The minimum absolute atomic E-state index is 0.674. The third kappa shape index (κ3) is 2.54. The van der Waals surface area contributed by atoms with Crippen LogP contribution >= 0.6 is 0 Å². The second-order valence-electron chi connectivity index (χ2n) is 5.25. The zero-order valence-electron chi connectivity index (χ0n) is 11.3. The summed E-state index contributed by atoms with van der Waals surface area (Å²) in [6, 6.07) is 4.48. The smallest absolute Gasteiger partial charge is 0.142 e. The van der Waals surface area contributed by atoms with Gasteiger partial charge in [-0.2, -0.15) is 0 Å². The van der Waals surface area contributed by atoms with Crippen LogP contribution in [0.5, 0.6) is 5.75 Å². The van der Waals surface area contributed by atoms with E-state index in [0.29, 0.717) is 6.54 Å². The zero-order valence-corrected chi connectivity index (χ0v) is 11.3. The Morgan fingerprint density at radius 1 is 1.11 bits per heavy atom. The van der Waals surface area contributed by atoms with E-state index < -0.39 is 0 Å². The number of hydrogen-bond donors (Lipinski definition) is 2. The molecule has 0 radical (unpaired) electrons. The van der Waals surface area contributed by atoms with Crippen molar-refractivity contribution in [1.29, 1.82) is 0 Å². The van der Waals surface area contributed by atoms with Crippen LogP contribution < -0.4 is 21.2 Å². The topological polar surface area (TPSA) is 67.8 Å². The second-order valence-corrected chi connectivity index (χ2v) is 5.25. The summed E-state index contributed by atoms with van der Waals surface area (Å²) < 4.78 is 5.81. The van der Waals surface area contributed by atoms with Crippen molar-refractivity contribution in [1.82, 2.24) is 5.01 Å². The van der Waals surface area contributed by atoms with Crippen molar-refractivity contribution < 1.29 is 4.74 Å². The lowest BCUT2D eigenvalue weighted by molar-refractivity contribution is 0.298. The van der Waals surface area contributed by atoms with Crippen LogP contribution in [0.4, 0.5) is 5.69 Å². The van der Waals surface area contributed by atoms with Gasteiger partial charge in [-0.05, 0) is 36.1 Å². The fourth-order valence-electron chi connectivity index (χ4n) is 2.90. The highest BCUT2D eigenvalue weighted by molar-refractivity contribution is 5.63. The second kappa shape index (κ2) is 5.36. The van der Waals surface area contributed by atoms with Gasteiger partial charge in [0.05, 0.1) is 12.2 Å². The Bertz CT molecular complexity index is 463. The SMILES string of the molecule is NCCN1CCOc2cc3c(cc21)CCN(N)CC3. The molecule has 0 amide bonds. The van der Waals surface area contributed by atoms with Crippen LogP contribution in [-0.4, -0.2) is 44.3 Å². The fraction of sp³-hybridized carbons (Fsp3) is 0.571. The van der Waals surface area contributed by atoms with Crippen LogP contribution in [0, 0.1) is 0 Å². The summed E-state index contributed by atoms with van der Waals surface area (Å²) in [5, 5.41) is 1.90. The van der Waals surface area contributed by atoms with Crippen molar-refractivity contribution in [3.63, 3.8) is 0 Å². The van der Waals surface area contributed by atoms with E-state index in [2.05, 4.69) is 17.0 Å². The molecule has 0 unspecified atom stereocenters. The van der Waals surface area contributed by atoms with E-state index in [1.54, 1.807) is 0 Å². The van der Waals surface area contributed by atoms with E-state index in [1.807, 2.05) is 5.01 Å². The van der Waals surface area contributed by atoms with Crippen LogP contribution in [0.1, 0.15) is 11.1 Å². The first-order valence-corrected chi connectivity index (χ1v) is 7.01. The third-order valence-electron chi connectivity index (χ3n) is 3.98. The minimum Gasteiger partial charge on any atom is -0.490 e. The first-order chi connectivity index (χ1) is 9.28. The van der Waals surface area contributed by atoms with E-state index in [4.69, 9.17) is 16.3 Å². The molecule has 5 heteroatoms. The molecule has 0 bridgehead atoms. The number of hydrazine groups is 1. The standard InChI is InChI=1S/C14H22N4O/c15-3-6-17-7-8-19-14-10-12-2-5-18(16)4-1-11(12)9-13(14)17/h9-10H,1-8,15-16H2. The summed E-state index contributed by atoms with van der Waals surface area (Å²) in [4.78, 5) is 2.32. The molecule has 0 aromatic heterocycles. The number of rotatable bonds is 2. The van der Waals surface area contributed by atoms with E-state index in [0.717, 1.165) is 51.4 Å². The Hall–Kier alpha value is -1.30. The Kier molecular flexibility index (Phi) is 3.59. The van der Waals surface area contributed by atoms with Crippen LogP contribution in [0.2, 0.25) is 0 Å². The molecule has 4 N–H and O–H groups in total. The maximum absolute atomic E-state index is 5.92. The number of ether oxygens (including phenoxy) is 1. The first kappa shape index (κ1) is 12.7. The maximum Gasteiger partial charge on any atom is 0.142 e. The van der Waals surface area contributed by atoms with Gasteiger partial charge in [0.2, 0.25) is 0 Å². The minimum atomic E-state index is 0.674. The van der Waals surface area contributed by atoms with Gasteiger partial charge in [-0.25, -0.2) is 5.01 Å². The quantitative estimate of drug-likeness (QED) is 0.741. The normalized spacial score (nSPS) is 19.4. The largest absolute Gasteiger partial charge is 0.490 e. The van der Waals surface area contributed by atoms with Crippen molar-refractivity contribution in [3.05, 3.63) is 23.3 Å². The van der Waals surface area contributed by atoms with Gasteiger partial charge in [0, 0.05) is 26.2 Å². The summed E-state index contributed by atoms with van der Waals surface area (Å²) in [5.74, 6) is 6.92. The Labute approximate surface area is 114 Å². The van der Waals surface area contributed by atoms with Crippen molar-refractivity contribution >= 4 is 5.69 Å². The molecule has 104 valence electrons. The van der Waals surface area contributed by atoms with Crippen molar-refractivity contribution in [2.75, 3.05) is 44.2 Å². The molecule has 0 spiro atoms. The van der Waals surface area contributed by atoms with Crippen LogP contribution in [0.3, 0.4) is 0 Å². The molecule has 0 fully saturated rings. The number of nitrogens with zero attached hydrogens (tertiary/aromatic N) is 2. The van der Waals surface area contributed by atoms with Gasteiger partial charge in [0.15, 0.2) is 0 Å². The summed E-state index contributed by atoms with van der Waals surface area (Å²) in [6.45, 7) is 5.06. The Morgan fingerprint density at radius 3 is 2.58 bits per heavy atom. The first-order valence-electron chi connectivity index (χ1n) is 7.01. The lowest BCUT2D eigenvalue weighted by atomic mass is 10.0. The number of fused-ring (bicyclic) bond motifs is 2. The number of benzene rings is 1. The van der Waals surface area contributed by atoms with E-state index in [1.165, 1.54) is 16.8 Å². The average Bonchev–Trinajstić information content (AvgIpc) is 2.60. The highest BCUT2D eigenvalue weighted by Crippen LogP contribution is 2.35. The highest BCUT2D eigenvalue weighted by atomic mass is 16.5. The molecule has 0 atom stereocenters. The molecule has 5 nitrogen and oxygen atoms in total. The maximum atomic E-state index is 5.92. The molecule has 1 aromatic rings. The number of hydrogen-bond acceptors (Lipinski definition) is 5. The molecule has 3 rings (SSSR count). The summed E-state index contributed by atoms with van der Waals surface area (Å²) in [6.07, 6.45) is 2.01. The fourth-order valence-corrected chi connectivity index (χ4v) is 2.90. The van der Waals surface area contributed by atoms with Crippen LogP contribution in [-0.2, 0) is 12.8 Å². The molecule has 2 aliphatic heterocycles. The molecule has 0 saturated carbocycles. The molecule has 19 heavy (non-hydrogen) atoms. The van der Waals surface area contributed by atoms with Crippen LogP contribution in [0.25, 0.3) is 0 Å².